The van der Waals surface area contributed by atoms with Gasteiger partial charge in [-0.25, -0.2) is 4.79 Å². The fourth-order valence-corrected chi connectivity index (χ4v) is 6.92. The average molecular weight is 585 g/mol. The Morgan fingerprint density at radius 1 is 1.10 bits per heavy atom. The maximum atomic E-state index is 13.2. The van der Waals surface area contributed by atoms with Gasteiger partial charge in [0.25, 0.3) is 0 Å². The van der Waals surface area contributed by atoms with Gasteiger partial charge in [0.05, 0.1) is 6.10 Å². The summed E-state index contributed by atoms with van der Waals surface area (Å²) >= 11 is 0. The number of allylic oxidation sites excluding steroid dienone is 6. The van der Waals surface area contributed by atoms with Crippen LogP contribution in [0.15, 0.2) is 60.3 Å². The van der Waals surface area contributed by atoms with Crippen LogP contribution in [0.2, 0.25) is 0 Å². The van der Waals surface area contributed by atoms with Crippen LogP contribution in [0, 0.1) is 22.7 Å². The van der Waals surface area contributed by atoms with E-state index in [1.54, 1.807) is 18.2 Å². The zero-order chi connectivity index (χ0) is 31.1. The molecule has 0 aromatic rings. The topological polar surface area (TPSA) is 108 Å². The van der Waals surface area contributed by atoms with E-state index in [0.717, 1.165) is 31.3 Å². The molecule has 0 amide bonds. The second kappa shape index (κ2) is 14.5. The number of esters is 3. The van der Waals surface area contributed by atoms with Gasteiger partial charge in [-0.3, -0.25) is 14.3 Å². The van der Waals surface area contributed by atoms with Crippen LogP contribution in [0.3, 0.4) is 0 Å². The minimum atomic E-state index is -1.20. The van der Waals surface area contributed by atoms with E-state index < -0.39 is 53.5 Å². The van der Waals surface area contributed by atoms with E-state index in [9.17, 15) is 19.5 Å². The normalized spacial score (nSPS) is 34.5. The van der Waals surface area contributed by atoms with Crippen LogP contribution < -0.4 is 0 Å². The van der Waals surface area contributed by atoms with Crippen molar-refractivity contribution < 1.29 is 38.4 Å². The summed E-state index contributed by atoms with van der Waals surface area (Å²) in [6, 6.07) is 0. The summed E-state index contributed by atoms with van der Waals surface area (Å²) in [5.41, 5.74) is -0.130. The van der Waals surface area contributed by atoms with Gasteiger partial charge >= 0.3 is 17.9 Å². The van der Waals surface area contributed by atoms with Crippen LogP contribution in [0.1, 0.15) is 86.5 Å². The molecule has 1 saturated heterocycles. The largest absolute Gasteiger partial charge is 0.458 e. The third-order valence-electron chi connectivity index (χ3n) is 9.28. The van der Waals surface area contributed by atoms with E-state index in [1.807, 2.05) is 19.1 Å². The van der Waals surface area contributed by atoms with E-state index in [0.29, 0.717) is 24.8 Å². The molecular weight excluding hydrogens is 536 g/mol. The molecule has 232 valence electrons. The standard InChI is InChI=1S/C34H48O8/c1-8-10-11-12-13-14-15-16-30(38)41-29-19-23(4)33(7,18-17-22(3)9-2)28-21-26(37)20-27-31(39-24(5)35)42-32(34(27,28)29)40-25(6)36/h9,13-17,20,23,26,28-29,31-32,37H,2,8,10-12,18-19,21H2,1,3-7H3/b14-13+,16-15+,22-17+/t23-,26+,28+,29-,31+,32-,33-,34-/m1/s1. The number of rotatable bonds is 12. The first kappa shape index (κ1) is 33.5. The number of aliphatic hydroxyl groups is 1. The molecule has 3 rings (SSSR count). The molecule has 8 heteroatoms. The minimum absolute atomic E-state index is 0.0412. The molecule has 0 aromatic heterocycles. The average Bonchev–Trinajstić information content (AvgIpc) is 3.21. The van der Waals surface area contributed by atoms with Crippen LogP contribution in [0.4, 0.5) is 0 Å². The summed E-state index contributed by atoms with van der Waals surface area (Å²) in [4.78, 5) is 37.7. The number of hydrogen-bond acceptors (Lipinski definition) is 8. The summed E-state index contributed by atoms with van der Waals surface area (Å²) in [5, 5.41) is 11.1. The highest BCUT2D eigenvalue weighted by Crippen LogP contribution is 2.67. The highest BCUT2D eigenvalue weighted by molar-refractivity contribution is 5.82. The summed E-state index contributed by atoms with van der Waals surface area (Å²) in [7, 11) is 0. The lowest BCUT2D eigenvalue weighted by Crippen LogP contribution is -2.63. The summed E-state index contributed by atoms with van der Waals surface area (Å²) in [6.07, 6.45) is 14.2. The molecule has 0 bridgehead atoms. The lowest BCUT2D eigenvalue weighted by Gasteiger charge is -2.60. The summed E-state index contributed by atoms with van der Waals surface area (Å²) < 4.78 is 23.7. The first-order valence-corrected chi connectivity index (χ1v) is 15.1. The molecule has 0 aromatic carbocycles. The van der Waals surface area contributed by atoms with Crippen LogP contribution >= 0.6 is 0 Å². The van der Waals surface area contributed by atoms with Gasteiger partial charge in [0, 0.05) is 25.5 Å². The maximum Gasteiger partial charge on any atom is 0.331 e. The van der Waals surface area contributed by atoms with Gasteiger partial charge in [-0.15, -0.1) is 0 Å². The molecule has 1 spiro atoms. The van der Waals surface area contributed by atoms with Gasteiger partial charge in [-0.05, 0) is 62.4 Å². The number of carbonyl (C=O) groups is 3. The van der Waals surface area contributed by atoms with E-state index in [1.165, 1.54) is 19.9 Å². The Labute approximate surface area is 250 Å². The molecule has 0 unspecified atom stereocenters. The SMILES string of the molecule is C=C/C(C)=C/C[C@]1(C)[C@H](C)C[C@@H](OC(=O)/C=C/C=C/CCCCC)[C@@]23C(=C[C@H](O)C[C@@H]12)[C@@H](OC(C)=O)O[C@H]3OC(C)=O. The van der Waals surface area contributed by atoms with E-state index in [2.05, 4.69) is 33.4 Å². The molecule has 2 aliphatic carbocycles. The predicted molar refractivity (Wildman–Crippen MR) is 160 cm³/mol. The third kappa shape index (κ3) is 7.14. The molecule has 1 aliphatic heterocycles. The minimum Gasteiger partial charge on any atom is -0.458 e. The van der Waals surface area contributed by atoms with Crippen molar-refractivity contribution in [1.82, 2.24) is 0 Å². The van der Waals surface area contributed by atoms with Crippen LogP contribution in [0.25, 0.3) is 0 Å². The number of hydrogen-bond donors (Lipinski definition) is 1. The highest BCUT2D eigenvalue weighted by atomic mass is 16.8. The van der Waals surface area contributed by atoms with Crippen molar-refractivity contribution in [3.05, 3.63) is 60.3 Å². The van der Waals surface area contributed by atoms with Crippen LogP contribution in [-0.2, 0) is 33.3 Å². The monoisotopic (exact) mass is 584 g/mol. The smallest absolute Gasteiger partial charge is 0.331 e. The van der Waals surface area contributed by atoms with Gasteiger partial charge in [0.2, 0.25) is 12.6 Å². The van der Waals surface area contributed by atoms with Crippen molar-refractivity contribution >= 4 is 17.9 Å². The number of unbranched alkanes of at least 4 members (excludes halogenated alkanes) is 3. The molecule has 8 atom stereocenters. The molecule has 42 heavy (non-hydrogen) atoms. The van der Waals surface area contributed by atoms with Crippen molar-refractivity contribution in [2.24, 2.45) is 22.7 Å². The summed E-state index contributed by atoms with van der Waals surface area (Å²) in [5.74, 6) is -2.02. The van der Waals surface area contributed by atoms with Crippen molar-refractivity contribution in [2.75, 3.05) is 0 Å². The molecule has 2 fully saturated rings. The molecule has 0 radical (unpaired) electrons. The zero-order valence-corrected chi connectivity index (χ0v) is 26.0. The highest BCUT2D eigenvalue weighted by Gasteiger charge is 2.72. The molecule has 1 heterocycles. The Morgan fingerprint density at radius 3 is 2.45 bits per heavy atom. The Hall–Kier alpha value is -2.97. The second-order valence-electron chi connectivity index (χ2n) is 12.1. The fourth-order valence-electron chi connectivity index (χ4n) is 6.92. The predicted octanol–water partition coefficient (Wildman–Crippen LogP) is 6.26. The quantitative estimate of drug-likeness (QED) is 0.0715. The van der Waals surface area contributed by atoms with Gasteiger partial charge in [0.1, 0.15) is 11.5 Å². The zero-order valence-electron chi connectivity index (χ0n) is 26.0. The Kier molecular flexibility index (Phi) is 11.6. The van der Waals surface area contributed by atoms with Gasteiger partial charge in [-0.2, -0.15) is 0 Å². The number of carbonyl (C=O) groups excluding carboxylic acids is 3. The van der Waals surface area contributed by atoms with Crippen LogP contribution in [-0.4, -0.2) is 47.8 Å². The van der Waals surface area contributed by atoms with E-state index in [-0.39, 0.29) is 11.8 Å². The van der Waals surface area contributed by atoms with Crippen molar-refractivity contribution in [2.45, 2.75) is 111 Å². The van der Waals surface area contributed by atoms with Gasteiger partial charge in [0.15, 0.2) is 0 Å². The molecule has 8 nitrogen and oxygen atoms in total. The Morgan fingerprint density at radius 2 is 1.81 bits per heavy atom. The van der Waals surface area contributed by atoms with Crippen molar-refractivity contribution in [1.29, 1.82) is 0 Å². The number of ether oxygens (including phenoxy) is 4. The van der Waals surface area contributed by atoms with Gasteiger partial charge in [-0.1, -0.05) is 76.1 Å². The first-order valence-electron chi connectivity index (χ1n) is 15.1. The molecular formula is C34H48O8. The fraction of sp³-hybridized carbons (Fsp3) is 0.618. The summed E-state index contributed by atoms with van der Waals surface area (Å²) in [6.45, 7) is 14.8. The van der Waals surface area contributed by atoms with Crippen LogP contribution in [0.5, 0.6) is 0 Å². The van der Waals surface area contributed by atoms with E-state index in [4.69, 9.17) is 18.9 Å². The lowest BCUT2D eigenvalue weighted by molar-refractivity contribution is -0.256. The van der Waals surface area contributed by atoms with Gasteiger partial charge < -0.3 is 19.3 Å². The van der Waals surface area contributed by atoms with Crippen molar-refractivity contribution in [3.8, 4) is 0 Å². The molecule has 1 saturated carbocycles. The Balaban J connectivity index is 2.09. The second-order valence-corrected chi connectivity index (χ2v) is 12.1. The molecule has 1 N–H and O–H groups in total. The van der Waals surface area contributed by atoms with Crippen molar-refractivity contribution in [3.63, 3.8) is 0 Å². The van der Waals surface area contributed by atoms with E-state index >= 15 is 0 Å². The lowest BCUT2D eigenvalue weighted by atomic mass is 9.45. The molecule has 3 aliphatic rings. The number of aliphatic hydroxyl groups excluding tert-OH is 1. The maximum absolute atomic E-state index is 13.2. The Bertz CT molecular complexity index is 1130. The third-order valence-corrected chi connectivity index (χ3v) is 9.28. The first-order chi connectivity index (χ1) is 19.9.